The molecule has 3 aromatic carbocycles. The molecule has 7 nitrogen and oxygen atoms in total. The molecule has 8 heteroatoms. The van der Waals surface area contributed by atoms with Crippen LogP contribution in [0.2, 0.25) is 0 Å². The van der Waals surface area contributed by atoms with Crippen LogP contribution in [0.3, 0.4) is 0 Å². The van der Waals surface area contributed by atoms with Crippen molar-refractivity contribution in [1.82, 2.24) is 9.91 Å². The second kappa shape index (κ2) is 9.34. The average Bonchev–Trinajstić information content (AvgIpc) is 3.60. The largest absolute Gasteiger partial charge is 0.454 e. The number of fused-ring (bicyclic) bond motifs is 2. The van der Waals surface area contributed by atoms with E-state index in [-0.39, 0.29) is 22.7 Å². The summed E-state index contributed by atoms with van der Waals surface area (Å²) in [7, 11) is 0. The van der Waals surface area contributed by atoms with E-state index in [1.807, 2.05) is 55.5 Å². The third-order valence-corrected chi connectivity index (χ3v) is 8.99. The first-order valence-corrected chi connectivity index (χ1v) is 13.5. The number of hydrogen-bond donors (Lipinski definition) is 0. The molecule has 37 heavy (non-hydrogen) atoms. The van der Waals surface area contributed by atoms with Gasteiger partial charge in [0.2, 0.25) is 5.91 Å². The number of carbonyl (C=O) groups excluding carboxylic acids is 3. The predicted molar refractivity (Wildman–Crippen MR) is 143 cm³/mol. The Morgan fingerprint density at radius 2 is 1.81 bits per heavy atom. The van der Waals surface area contributed by atoms with Gasteiger partial charge in [0.25, 0.3) is 5.91 Å². The summed E-state index contributed by atoms with van der Waals surface area (Å²) < 4.78 is 5.48. The van der Waals surface area contributed by atoms with Crippen LogP contribution in [-0.2, 0) is 19.1 Å². The molecule has 2 saturated heterocycles. The van der Waals surface area contributed by atoms with Crippen LogP contribution in [0.15, 0.2) is 77.9 Å². The highest BCUT2D eigenvalue weighted by atomic mass is 32.2. The van der Waals surface area contributed by atoms with Crippen molar-refractivity contribution in [1.29, 1.82) is 0 Å². The molecule has 0 N–H and O–H groups in total. The lowest BCUT2D eigenvalue weighted by molar-refractivity contribution is -0.158. The summed E-state index contributed by atoms with van der Waals surface area (Å²) in [6.45, 7) is 1.56. The van der Waals surface area contributed by atoms with Crippen LogP contribution < -0.4 is 0 Å². The van der Waals surface area contributed by atoms with Gasteiger partial charge in [0, 0.05) is 18.6 Å². The minimum Gasteiger partial charge on any atom is -0.454 e. The summed E-state index contributed by atoms with van der Waals surface area (Å²) in [6, 6.07) is 23.1. The highest BCUT2D eigenvalue weighted by Crippen LogP contribution is 2.47. The Bertz CT molecular complexity index is 1420. The van der Waals surface area contributed by atoms with Gasteiger partial charge in [0.1, 0.15) is 6.04 Å². The monoisotopic (exact) mass is 513 g/mol. The van der Waals surface area contributed by atoms with Gasteiger partial charge in [-0.1, -0.05) is 66.7 Å². The lowest BCUT2D eigenvalue weighted by Crippen LogP contribution is -2.47. The van der Waals surface area contributed by atoms with Crippen LogP contribution in [-0.4, -0.2) is 56.7 Å². The maximum absolute atomic E-state index is 13.3. The fourth-order valence-electron chi connectivity index (χ4n) is 5.51. The molecule has 2 amide bonds. The van der Waals surface area contributed by atoms with Crippen LogP contribution in [0.4, 0.5) is 0 Å². The maximum atomic E-state index is 13.3. The Balaban J connectivity index is 1.22. The number of benzene rings is 3. The summed E-state index contributed by atoms with van der Waals surface area (Å²) in [5.74, 6) is -0.474. The van der Waals surface area contributed by atoms with Gasteiger partial charge in [-0.05, 0) is 41.3 Å². The third-order valence-electron chi connectivity index (χ3n) is 7.49. The van der Waals surface area contributed by atoms with Crippen LogP contribution in [0, 0.1) is 0 Å². The zero-order valence-corrected chi connectivity index (χ0v) is 21.3. The van der Waals surface area contributed by atoms with Crippen molar-refractivity contribution in [2.45, 2.75) is 43.1 Å². The molecule has 3 heterocycles. The molecular formula is C29H27N3O4S. The number of hydrogen-bond acceptors (Lipinski definition) is 6. The average molecular weight is 514 g/mol. The Kier molecular flexibility index (Phi) is 5.99. The SMILES string of the molecule is C[C@@]12CCC(=O)N1[C@H](C(=O)OCC(=O)N1N=C(c3ccc4ccccc4c3)C[C@H]1c1ccccc1)CS2. The van der Waals surface area contributed by atoms with Gasteiger partial charge in [-0.15, -0.1) is 11.8 Å². The first-order valence-electron chi connectivity index (χ1n) is 12.5. The van der Waals surface area contributed by atoms with Crippen molar-refractivity contribution < 1.29 is 19.1 Å². The molecule has 0 saturated carbocycles. The van der Waals surface area contributed by atoms with Gasteiger partial charge < -0.3 is 9.64 Å². The van der Waals surface area contributed by atoms with Crippen molar-refractivity contribution >= 4 is 46.0 Å². The Morgan fingerprint density at radius 1 is 1.05 bits per heavy atom. The number of rotatable bonds is 5. The second-order valence-electron chi connectivity index (χ2n) is 9.85. The second-order valence-corrected chi connectivity index (χ2v) is 11.4. The Morgan fingerprint density at radius 3 is 2.62 bits per heavy atom. The predicted octanol–water partition coefficient (Wildman–Crippen LogP) is 4.51. The minimum atomic E-state index is -0.655. The third kappa shape index (κ3) is 4.29. The fourth-order valence-corrected chi connectivity index (χ4v) is 6.93. The number of esters is 1. The van der Waals surface area contributed by atoms with Gasteiger partial charge >= 0.3 is 5.97 Å². The van der Waals surface area contributed by atoms with Crippen molar-refractivity contribution in [2.75, 3.05) is 12.4 Å². The molecule has 0 spiro atoms. The van der Waals surface area contributed by atoms with E-state index in [1.54, 1.807) is 16.7 Å². The number of ether oxygens (including phenoxy) is 1. The first kappa shape index (κ1) is 23.7. The minimum absolute atomic E-state index is 0.0333. The molecule has 3 aliphatic rings. The van der Waals surface area contributed by atoms with Crippen LogP contribution >= 0.6 is 11.8 Å². The fraction of sp³-hybridized carbons (Fsp3) is 0.310. The van der Waals surface area contributed by atoms with Crippen molar-refractivity contribution in [3.05, 3.63) is 83.9 Å². The molecule has 188 valence electrons. The molecule has 0 unspecified atom stereocenters. The highest BCUT2D eigenvalue weighted by Gasteiger charge is 2.53. The van der Waals surface area contributed by atoms with Gasteiger partial charge in [-0.2, -0.15) is 5.10 Å². The maximum Gasteiger partial charge on any atom is 0.330 e. The Hall–Kier alpha value is -3.65. The van der Waals surface area contributed by atoms with E-state index in [9.17, 15) is 14.4 Å². The number of nitrogens with zero attached hydrogens (tertiary/aromatic N) is 3. The number of hydrazone groups is 1. The molecule has 0 aliphatic carbocycles. The smallest absolute Gasteiger partial charge is 0.330 e. The zero-order valence-electron chi connectivity index (χ0n) is 20.5. The van der Waals surface area contributed by atoms with Gasteiger partial charge in [0.05, 0.1) is 16.6 Å². The summed E-state index contributed by atoms with van der Waals surface area (Å²) in [5.41, 5.74) is 2.74. The van der Waals surface area contributed by atoms with Crippen molar-refractivity contribution in [3.8, 4) is 0 Å². The van der Waals surface area contributed by atoms with E-state index < -0.39 is 18.6 Å². The number of carbonyl (C=O) groups is 3. The molecule has 3 aromatic rings. The van der Waals surface area contributed by atoms with E-state index in [1.165, 1.54) is 5.01 Å². The van der Waals surface area contributed by atoms with E-state index in [2.05, 4.69) is 24.3 Å². The Labute approximate surface area is 219 Å². The lowest BCUT2D eigenvalue weighted by atomic mass is 9.97. The van der Waals surface area contributed by atoms with Crippen molar-refractivity contribution in [3.63, 3.8) is 0 Å². The van der Waals surface area contributed by atoms with E-state index >= 15 is 0 Å². The molecule has 6 rings (SSSR count). The summed E-state index contributed by atoms with van der Waals surface area (Å²) in [4.78, 5) is 39.9. The molecule has 0 aromatic heterocycles. The molecule has 3 atom stereocenters. The zero-order chi connectivity index (χ0) is 25.6. The van der Waals surface area contributed by atoms with Crippen LogP contribution in [0.25, 0.3) is 10.8 Å². The molecule has 0 bridgehead atoms. The van der Waals surface area contributed by atoms with Crippen LogP contribution in [0.5, 0.6) is 0 Å². The van der Waals surface area contributed by atoms with Crippen molar-refractivity contribution in [2.24, 2.45) is 5.10 Å². The number of thioether (sulfide) groups is 1. The summed E-state index contributed by atoms with van der Waals surface area (Å²) in [5, 5.41) is 8.41. The van der Waals surface area contributed by atoms with Crippen LogP contribution in [0.1, 0.15) is 43.4 Å². The normalized spacial score (nSPS) is 24.9. The first-order chi connectivity index (χ1) is 17.9. The number of amides is 2. The van der Waals surface area contributed by atoms with Gasteiger partial charge in [0.15, 0.2) is 6.61 Å². The molecule has 2 fully saturated rings. The van der Waals surface area contributed by atoms with Gasteiger partial charge in [-0.25, -0.2) is 9.80 Å². The highest BCUT2D eigenvalue weighted by molar-refractivity contribution is 8.01. The quantitative estimate of drug-likeness (QED) is 0.469. The molecule has 3 aliphatic heterocycles. The standard InChI is InChI=1S/C29H27N3O4S/c1-29-14-13-26(33)31(29)25(18-37-29)28(35)36-17-27(34)32-24(20-8-3-2-4-9-20)16-23(30-32)22-12-11-19-7-5-6-10-21(19)15-22/h2-12,15,24-25H,13-14,16-18H2,1H3/t24-,25-,29+/m0/s1. The summed E-state index contributed by atoms with van der Waals surface area (Å²) >= 11 is 1.60. The van der Waals surface area contributed by atoms with E-state index in [0.717, 1.165) is 34.0 Å². The molecule has 0 radical (unpaired) electrons. The lowest BCUT2D eigenvalue weighted by Gasteiger charge is -2.29. The van der Waals surface area contributed by atoms with Gasteiger partial charge in [-0.3, -0.25) is 9.59 Å². The topological polar surface area (TPSA) is 79.3 Å². The van der Waals surface area contributed by atoms with E-state index in [0.29, 0.717) is 18.6 Å². The van der Waals surface area contributed by atoms with E-state index in [4.69, 9.17) is 9.84 Å². The molecular weight excluding hydrogens is 486 g/mol. The summed E-state index contributed by atoms with van der Waals surface area (Å²) in [6.07, 6.45) is 1.71.